The zero-order chi connectivity index (χ0) is 11.7. The fourth-order valence-electron chi connectivity index (χ4n) is 1.70. The second-order valence-corrected chi connectivity index (χ2v) is 4.96. The van der Waals surface area contributed by atoms with Crippen LogP contribution in [0, 0.1) is 19.7 Å². The van der Waals surface area contributed by atoms with Crippen LogP contribution < -0.4 is 0 Å². The van der Waals surface area contributed by atoms with Crippen LogP contribution in [0.5, 0.6) is 0 Å². The average Bonchev–Trinajstić information content (AvgIpc) is 2.67. The molecule has 16 heavy (non-hydrogen) atoms. The molecule has 0 amide bonds. The topological polar surface area (TPSA) is 20.2 Å². The van der Waals surface area contributed by atoms with E-state index in [1.54, 1.807) is 30.4 Å². The molecule has 1 aromatic carbocycles. The first kappa shape index (κ1) is 11.3. The lowest BCUT2D eigenvalue weighted by Gasteiger charge is -2.11. The van der Waals surface area contributed by atoms with E-state index < -0.39 is 6.10 Å². The monoisotopic (exact) mass is 236 g/mol. The summed E-state index contributed by atoms with van der Waals surface area (Å²) in [4.78, 5) is 1.09. The van der Waals surface area contributed by atoms with Crippen LogP contribution in [0.15, 0.2) is 29.6 Å². The van der Waals surface area contributed by atoms with Crippen molar-refractivity contribution < 1.29 is 9.50 Å². The van der Waals surface area contributed by atoms with Gasteiger partial charge in [-0.2, -0.15) is 0 Å². The summed E-state index contributed by atoms with van der Waals surface area (Å²) in [5, 5.41) is 12.1. The predicted molar refractivity (Wildman–Crippen MR) is 64.3 cm³/mol. The molecule has 0 fully saturated rings. The predicted octanol–water partition coefficient (Wildman–Crippen LogP) is 3.59. The van der Waals surface area contributed by atoms with Gasteiger partial charge in [0.05, 0.1) is 0 Å². The molecular formula is C13H13FOS. The summed E-state index contributed by atoms with van der Waals surface area (Å²) in [5.74, 6) is -0.238. The van der Waals surface area contributed by atoms with Gasteiger partial charge >= 0.3 is 0 Å². The van der Waals surface area contributed by atoms with E-state index in [0.717, 1.165) is 16.0 Å². The third-order valence-electron chi connectivity index (χ3n) is 2.69. The highest BCUT2D eigenvalue weighted by molar-refractivity contribution is 7.10. The zero-order valence-corrected chi connectivity index (χ0v) is 10.0. The standard InChI is InChI=1S/C13H13FOS/c1-8-7-10(3-4-12(8)14)13(15)11-5-6-16-9(11)2/h3-7,13,15H,1-2H3. The Bertz CT molecular complexity index is 504. The van der Waals surface area contributed by atoms with E-state index in [0.29, 0.717) is 5.56 Å². The maximum absolute atomic E-state index is 13.1. The minimum atomic E-state index is -0.662. The zero-order valence-electron chi connectivity index (χ0n) is 9.20. The van der Waals surface area contributed by atoms with E-state index in [2.05, 4.69) is 0 Å². The molecule has 0 spiro atoms. The van der Waals surface area contributed by atoms with Gasteiger partial charge in [0.15, 0.2) is 0 Å². The molecule has 0 radical (unpaired) electrons. The summed E-state index contributed by atoms with van der Waals surface area (Å²) in [6.45, 7) is 3.67. The fourth-order valence-corrected chi connectivity index (χ4v) is 2.43. The van der Waals surface area contributed by atoms with E-state index in [-0.39, 0.29) is 5.82 Å². The average molecular weight is 236 g/mol. The van der Waals surface area contributed by atoms with E-state index in [9.17, 15) is 9.50 Å². The van der Waals surface area contributed by atoms with E-state index in [1.165, 1.54) is 6.07 Å². The van der Waals surface area contributed by atoms with Gasteiger partial charge < -0.3 is 5.11 Å². The van der Waals surface area contributed by atoms with E-state index in [4.69, 9.17) is 0 Å². The van der Waals surface area contributed by atoms with Crippen LogP contribution in [-0.4, -0.2) is 5.11 Å². The van der Waals surface area contributed by atoms with Crippen molar-refractivity contribution in [1.82, 2.24) is 0 Å². The maximum Gasteiger partial charge on any atom is 0.126 e. The molecule has 1 aromatic heterocycles. The van der Waals surface area contributed by atoms with E-state index >= 15 is 0 Å². The van der Waals surface area contributed by atoms with Crippen LogP contribution in [0.25, 0.3) is 0 Å². The smallest absolute Gasteiger partial charge is 0.126 e. The first-order chi connectivity index (χ1) is 7.59. The lowest BCUT2D eigenvalue weighted by molar-refractivity contribution is 0.220. The molecule has 0 aliphatic carbocycles. The SMILES string of the molecule is Cc1cc(C(O)c2ccsc2C)ccc1F. The molecule has 1 heterocycles. The number of aryl methyl sites for hydroxylation is 2. The Balaban J connectivity index is 2.38. The molecule has 1 atom stereocenters. The normalized spacial score (nSPS) is 12.8. The van der Waals surface area contributed by atoms with Crippen LogP contribution in [0.3, 0.4) is 0 Å². The molecule has 0 aliphatic rings. The molecule has 0 saturated heterocycles. The Hall–Kier alpha value is -1.19. The third kappa shape index (κ3) is 2.01. The lowest BCUT2D eigenvalue weighted by atomic mass is 10.0. The van der Waals surface area contributed by atoms with Gasteiger partial charge in [-0.1, -0.05) is 12.1 Å². The Kier molecular flexibility index (Phi) is 3.08. The van der Waals surface area contributed by atoms with Crippen molar-refractivity contribution in [2.24, 2.45) is 0 Å². The number of aliphatic hydroxyl groups is 1. The first-order valence-electron chi connectivity index (χ1n) is 5.07. The van der Waals surface area contributed by atoms with Crippen molar-refractivity contribution in [3.05, 3.63) is 57.0 Å². The molecule has 0 bridgehead atoms. The summed E-state index contributed by atoms with van der Waals surface area (Å²) in [6, 6.07) is 6.63. The van der Waals surface area contributed by atoms with Crippen molar-refractivity contribution in [3.63, 3.8) is 0 Å². The van der Waals surface area contributed by atoms with E-state index in [1.807, 2.05) is 18.4 Å². The Morgan fingerprint density at radius 3 is 2.56 bits per heavy atom. The maximum atomic E-state index is 13.1. The first-order valence-corrected chi connectivity index (χ1v) is 5.95. The highest BCUT2D eigenvalue weighted by Crippen LogP contribution is 2.28. The Morgan fingerprint density at radius 1 is 1.25 bits per heavy atom. The van der Waals surface area contributed by atoms with Crippen LogP contribution in [0.1, 0.15) is 27.7 Å². The van der Waals surface area contributed by atoms with Crippen molar-refractivity contribution in [2.45, 2.75) is 20.0 Å². The summed E-state index contributed by atoms with van der Waals surface area (Å²) < 4.78 is 13.1. The third-order valence-corrected chi connectivity index (χ3v) is 3.55. The molecule has 1 nitrogen and oxygen atoms in total. The van der Waals surface area contributed by atoms with Gasteiger partial charge in [0, 0.05) is 4.88 Å². The number of rotatable bonds is 2. The van der Waals surface area contributed by atoms with Gasteiger partial charge in [0.25, 0.3) is 0 Å². The second kappa shape index (κ2) is 4.36. The van der Waals surface area contributed by atoms with Gasteiger partial charge in [-0.3, -0.25) is 0 Å². The highest BCUT2D eigenvalue weighted by atomic mass is 32.1. The van der Waals surface area contributed by atoms with Crippen molar-refractivity contribution in [3.8, 4) is 0 Å². The second-order valence-electron chi connectivity index (χ2n) is 3.84. The number of halogens is 1. The Morgan fingerprint density at radius 2 is 2.00 bits per heavy atom. The van der Waals surface area contributed by atoms with Crippen LogP contribution in [0.2, 0.25) is 0 Å². The number of thiophene rings is 1. The van der Waals surface area contributed by atoms with Crippen LogP contribution in [-0.2, 0) is 0 Å². The van der Waals surface area contributed by atoms with Gasteiger partial charge in [-0.15, -0.1) is 11.3 Å². The van der Waals surface area contributed by atoms with Crippen LogP contribution >= 0.6 is 11.3 Å². The number of hydrogen-bond acceptors (Lipinski definition) is 2. The number of aliphatic hydroxyl groups excluding tert-OH is 1. The quantitative estimate of drug-likeness (QED) is 0.845. The molecular weight excluding hydrogens is 223 g/mol. The minimum absolute atomic E-state index is 0.238. The highest BCUT2D eigenvalue weighted by Gasteiger charge is 2.14. The van der Waals surface area contributed by atoms with Crippen molar-refractivity contribution in [1.29, 1.82) is 0 Å². The molecule has 3 heteroatoms. The summed E-state index contributed by atoms with van der Waals surface area (Å²) in [5.41, 5.74) is 2.20. The molecule has 0 aliphatic heterocycles. The van der Waals surface area contributed by atoms with Gasteiger partial charge in [-0.25, -0.2) is 4.39 Å². The Labute approximate surface area is 98.2 Å². The molecule has 1 unspecified atom stereocenters. The molecule has 84 valence electrons. The van der Waals surface area contributed by atoms with Crippen LogP contribution in [0.4, 0.5) is 4.39 Å². The molecule has 0 saturated carbocycles. The van der Waals surface area contributed by atoms with Crippen molar-refractivity contribution >= 4 is 11.3 Å². The number of hydrogen-bond donors (Lipinski definition) is 1. The molecule has 1 N–H and O–H groups in total. The fraction of sp³-hybridized carbons (Fsp3) is 0.231. The molecule has 2 aromatic rings. The largest absolute Gasteiger partial charge is 0.384 e. The summed E-state index contributed by atoms with van der Waals surface area (Å²) >= 11 is 1.60. The summed E-state index contributed by atoms with van der Waals surface area (Å²) in [6.07, 6.45) is -0.662. The summed E-state index contributed by atoms with van der Waals surface area (Å²) in [7, 11) is 0. The van der Waals surface area contributed by atoms with Gasteiger partial charge in [-0.05, 0) is 48.1 Å². The van der Waals surface area contributed by atoms with Crippen molar-refractivity contribution in [2.75, 3.05) is 0 Å². The lowest BCUT2D eigenvalue weighted by Crippen LogP contribution is -2.00. The van der Waals surface area contributed by atoms with Gasteiger partial charge in [0.1, 0.15) is 11.9 Å². The number of benzene rings is 1. The van der Waals surface area contributed by atoms with Gasteiger partial charge in [0.2, 0.25) is 0 Å². The molecule has 2 rings (SSSR count). The minimum Gasteiger partial charge on any atom is -0.384 e.